The van der Waals surface area contributed by atoms with E-state index in [2.05, 4.69) is 19.9 Å². The zero-order valence-corrected chi connectivity index (χ0v) is 10.2. The number of ether oxygens (including phenoxy) is 1. The Kier molecular flexibility index (Phi) is 2.94. The Labute approximate surface area is 108 Å². The second-order valence-electron chi connectivity index (χ2n) is 4.54. The first-order valence-electron chi connectivity index (χ1n) is 5.91. The number of rotatable bonds is 2. The molecule has 0 aliphatic carbocycles. The van der Waals surface area contributed by atoms with E-state index in [1.165, 1.54) is 6.33 Å². The smallest absolute Gasteiger partial charge is 0.181 e. The van der Waals surface area contributed by atoms with Crippen molar-refractivity contribution in [3.05, 3.63) is 17.8 Å². The van der Waals surface area contributed by atoms with Crippen LogP contribution in [0.4, 0.5) is 0 Å². The Bertz CT molecular complexity index is 601. The normalized spacial score (nSPS) is 31.2. The second-order valence-corrected chi connectivity index (χ2v) is 4.54. The number of hydrogen-bond donors (Lipinski definition) is 4. The zero-order valence-electron chi connectivity index (χ0n) is 10.2. The summed E-state index contributed by atoms with van der Waals surface area (Å²) in [5.74, 6) is 0.362. The zero-order chi connectivity index (χ0) is 13.6. The van der Waals surface area contributed by atoms with Gasteiger partial charge in [-0.05, 0) is 6.92 Å². The molecule has 1 aliphatic heterocycles. The summed E-state index contributed by atoms with van der Waals surface area (Å²) in [6.45, 7) is 1.44. The molecule has 3 rings (SSSR count). The van der Waals surface area contributed by atoms with Gasteiger partial charge in [0.2, 0.25) is 0 Å². The van der Waals surface area contributed by atoms with Crippen molar-refractivity contribution in [1.29, 1.82) is 0 Å². The summed E-state index contributed by atoms with van der Waals surface area (Å²) in [5.41, 5.74) is 1.87. The van der Waals surface area contributed by atoms with Crippen LogP contribution in [-0.2, 0) is 4.74 Å². The van der Waals surface area contributed by atoms with Crippen molar-refractivity contribution in [2.75, 3.05) is 6.61 Å². The van der Waals surface area contributed by atoms with Crippen molar-refractivity contribution in [2.24, 2.45) is 0 Å². The minimum absolute atomic E-state index is 0.362. The van der Waals surface area contributed by atoms with Crippen LogP contribution in [0.5, 0.6) is 0 Å². The van der Waals surface area contributed by atoms with Crippen molar-refractivity contribution in [3.8, 4) is 0 Å². The SMILES string of the molecule is Cc1ncnc2nc(C3O[C@H](CO)[C@@H](O)[C@H]3O)[nH]c12. The highest BCUT2D eigenvalue weighted by atomic mass is 16.6. The first kappa shape index (κ1) is 12.4. The lowest BCUT2D eigenvalue weighted by Gasteiger charge is -2.11. The standard InChI is InChI=1S/C11H14N4O4/c1-4-6-10(13-3-12-4)15-11(14-6)9-8(18)7(17)5(2-16)19-9/h3,5,7-9,16-18H,2H2,1H3,(H,12,13,14,15)/t5-,7-,8-,9?/m1/s1. The van der Waals surface area contributed by atoms with Gasteiger partial charge in [0.15, 0.2) is 5.65 Å². The highest BCUT2D eigenvalue weighted by molar-refractivity contribution is 5.72. The Morgan fingerprint density at radius 3 is 2.74 bits per heavy atom. The molecule has 3 heterocycles. The number of H-pyrrole nitrogens is 1. The maximum atomic E-state index is 9.92. The second kappa shape index (κ2) is 4.49. The number of nitrogens with one attached hydrogen (secondary N) is 1. The van der Waals surface area contributed by atoms with Crippen LogP contribution in [0, 0.1) is 6.92 Å². The Morgan fingerprint density at radius 1 is 1.32 bits per heavy atom. The molecule has 1 saturated heterocycles. The molecule has 19 heavy (non-hydrogen) atoms. The molecule has 4 atom stereocenters. The summed E-state index contributed by atoms with van der Waals surface area (Å²) in [4.78, 5) is 15.3. The highest BCUT2D eigenvalue weighted by Crippen LogP contribution is 2.32. The molecular formula is C11H14N4O4. The van der Waals surface area contributed by atoms with Crippen molar-refractivity contribution < 1.29 is 20.1 Å². The largest absolute Gasteiger partial charge is 0.394 e. The average molecular weight is 266 g/mol. The van der Waals surface area contributed by atoms with Crippen molar-refractivity contribution >= 4 is 11.2 Å². The molecule has 0 amide bonds. The van der Waals surface area contributed by atoms with Crippen LogP contribution in [0.3, 0.4) is 0 Å². The molecule has 0 radical (unpaired) electrons. The lowest BCUT2D eigenvalue weighted by molar-refractivity contribution is -0.0249. The molecular weight excluding hydrogens is 252 g/mol. The topological polar surface area (TPSA) is 124 Å². The summed E-state index contributed by atoms with van der Waals surface area (Å²) in [6, 6.07) is 0. The number of fused-ring (bicyclic) bond motifs is 1. The van der Waals surface area contributed by atoms with E-state index in [1.54, 1.807) is 0 Å². The first-order chi connectivity index (χ1) is 9.11. The molecule has 1 aliphatic rings. The van der Waals surface area contributed by atoms with E-state index in [0.29, 0.717) is 17.0 Å². The fourth-order valence-corrected chi connectivity index (χ4v) is 2.22. The Morgan fingerprint density at radius 2 is 2.11 bits per heavy atom. The maximum absolute atomic E-state index is 9.92. The third-order valence-corrected chi connectivity index (χ3v) is 3.31. The van der Waals surface area contributed by atoms with E-state index < -0.39 is 24.4 Å². The fourth-order valence-electron chi connectivity index (χ4n) is 2.22. The van der Waals surface area contributed by atoms with Gasteiger partial charge in [-0.15, -0.1) is 0 Å². The molecule has 2 aromatic rings. The molecule has 8 nitrogen and oxygen atoms in total. The van der Waals surface area contributed by atoms with Crippen LogP contribution < -0.4 is 0 Å². The van der Waals surface area contributed by atoms with Gasteiger partial charge in [0.25, 0.3) is 0 Å². The van der Waals surface area contributed by atoms with Crippen LogP contribution in [0.25, 0.3) is 11.2 Å². The van der Waals surface area contributed by atoms with Crippen molar-refractivity contribution in [1.82, 2.24) is 19.9 Å². The molecule has 1 unspecified atom stereocenters. The molecule has 0 saturated carbocycles. The summed E-state index contributed by atoms with van der Waals surface area (Å²) in [6.07, 6.45) is -2.53. The van der Waals surface area contributed by atoms with E-state index in [9.17, 15) is 10.2 Å². The minimum atomic E-state index is -1.15. The van der Waals surface area contributed by atoms with E-state index >= 15 is 0 Å². The maximum Gasteiger partial charge on any atom is 0.181 e. The number of aliphatic hydroxyl groups is 3. The Hall–Kier alpha value is -1.61. The molecule has 0 bridgehead atoms. The third-order valence-electron chi connectivity index (χ3n) is 3.31. The van der Waals surface area contributed by atoms with E-state index in [0.717, 1.165) is 5.69 Å². The van der Waals surface area contributed by atoms with E-state index in [4.69, 9.17) is 9.84 Å². The van der Waals surface area contributed by atoms with Crippen LogP contribution in [0.15, 0.2) is 6.33 Å². The predicted octanol–water partition coefficient (Wildman–Crippen LogP) is -1.18. The van der Waals surface area contributed by atoms with Crippen LogP contribution in [0.1, 0.15) is 17.6 Å². The van der Waals surface area contributed by atoms with Gasteiger partial charge in [0.05, 0.1) is 12.3 Å². The van der Waals surface area contributed by atoms with Gasteiger partial charge >= 0.3 is 0 Å². The first-order valence-corrected chi connectivity index (χ1v) is 5.91. The van der Waals surface area contributed by atoms with E-state index in [1.807, 2.05) is 6.92 Å². The average Bonchev–Trinajstić information content (AvgIpc) is 2.94. The van der Waals surface area contributed by atoms with Gasteiger partial charge in [-0.25, -0.2) is 15.0 Å². The van der Waals surface area contributed by atoms with Crippen molar-refractivity contribution in [3.63, 3.8) is 0 Å². The fraction of sp³-hybridized carbons (Fsp3) is 0.545. The van der Waals surface area contributed by atoms with Crippen LogP contribution in [0.2, 0.25) is 0 Å². The molecule has 1 fully saturated rings. The number of nitrogens with zero attached hydrogens (tertiary/aromatic N) is 3. The van der Waals surface area contributed by atoms with Crippen molar-refractivity contribution in [2.45, 2.75) is 31.3 Å². The summed E-state index contributed by atoms with van der Waals surface area (Å²) in [7, 11) is 0. The van der Waals surface area contributed by atoms with E-state index in [-0.39, 0.29) is 6.61 Å². The molecule has 8 heteroatoms. The van der Waals surface area contributed by atoms with Gasteiger partial charge in [0, 0.05) is 0 Å². The monoisotopic (exact) mass is 266 g/mol. The van der Waals surface area contributed by atoms with Crippen LogP contribution >= 0.6 is 0 Å². The molecule has 0 spiro atoms. The lowest BCUT2D eigenvalue weighted by atomic mass is 10.1. The molecule has 2 aromatic heterocycles. The van der Waals surface area contributed by atoms with Gasteiger partial charge in [-0.2, -0.15) is 0 Å². The predicted molar refractivity (Wildman–Crippen MR) is 63.1 cm³/mol. The third kappa shape index (κ3) is 1.89. The molecule has 0 aromatic carbocycles. The number of aromatic nitrogens is 4. The quantitative estimate of drug-likeness (QED) is 0.539. The highest BCUT2D eigenvalue weighted by Gasteiger charge is 2.44. The number of aryl methyl sites for hydroxylation is 1. The number of hydrogen-bond acceptors (Lipinski definition) is 7. The minimum Gasteiger partial charge on any atom is -0.394 e. The van der Waals surface area contributed by atoms with Crippen LogP contribution in [-0.4, -0.2) is 60.2 Å². The number of aromatic amines is 1. The summed E-state index contributed by atoms with van der Waals surface area (Å²) in [5, 5.41) is 28.7. The summed E-state index contributed by atoms with van der Waals surface area (Å²) < 4.78 is 5.40. The van der Waals surface area contributed by atoms with Gasteiger partial charge in [-0.1, -0.05) is 0 Å². The molecule has 102 valence electrons. The van der Waals surface area contributed by atoms with Gasteiger partial charge in [0.1, 0.15) is 42.1 Å². The summed E-state index contributed by atoms with van der Waals surface area (Å²) >= 11 is 0. The lowest BCUT2D eigenvalue weighted by Crippen LogP contribution is -2.32. The molecule has 4 N–H and O–H groups in total. The number of aliphatic hydroxyl groups excluding tert-OH is 3. The van der Waals surface area contributed by atoms with Gasteiger partial charge in [-0.3, -0.25) is 0 Å². The van der Waals surface area contributed by atoms with Gasteiger partial charge < -0.3 is 25.0 Å². The number of imidazole rings is 1. The Balaban J connectivity index is 1.99.